The monoisotopic (exact) mass is 343 g/mol. The first-order valence-corrected chi connectivity index (χ1v) is 7.58. The van der Waals surface area contributed by atoms with Gasteiger partial charge in [0.2, 0.25) is 0 Å². The van der Waals surface area contributed by atoms with Crippen LogP contribution in [0.1, 0.15) is 21.5 Å². The lowest BCUT2D eigenvalue weighted by molar-refractivity contribution is 0.0697. The number of aryl methyl sites for hydroxylation is 1. The fraction of sp³-hybridized carbons (Fsp3) is 0.111. The number of fused-ring (bicyclic) bond motifs is 1. The van der Waals surface area contributed by atoms with Crippen LogP contribution in [0.25, 0.3) is 10.9 Å². The van der Waals surface area contributed by atoms with Crippen molar-refractivity contribution in [2.75, 3.05) is 0 Å². The molecule has 6 heteroatoms. The number of aromatic hydroxyl groups is 1. The molecule has 122 valence electrons. The van der Waals surface area contributed by atoms with E-state index in [2.05, 4.69) is 0 Å². The van der Waals surface area contributed by atoms with Crippen LogP contribution in [-0.4, -0.2) is 20.7 Å². The number of pyridine rings is 1. The lowest BCUT2D eigenvalue weighted by Crippen LogP contribution is -2.22. The largest absolute Gasteiger partial charge is 0.507 e. The van der Waals surface area contributed by atoms with Crippen LogP contribution in [0.5, 0.6) is 5.75 Å². The summed E-state index contributed by atoms with van der Waals surface area (Å²) in [6.07, 6.45) is 0.225. The SMILES string of the molecule is Cn1c(=O)c(Cc2ccc(Cl)cc2)c(O)c2cc(C(=O)O)ccc21. The van der Waals surface area contributed by atoms with Gasteiger partial charge in [-0.2, -0.15) is 0 Å². The molecule has 0 saturated heterocycles. The summed E-state index contributed by atoms with van der Waals surface area (Å²) in [5.74, 6) is -1.28. The zero-order chi connectivity index (χ0) is 17.4. The number of carbonyl (C=O) groups is 1. The standard InChI is InChI=1S/C18H14ClNO4/c1-20-15-7-4-11(18(23)24)9-13(15)16(21)14(17(20)22)8-10-2-5-12(19)6-3-10/h2-7,9,21H,8H2,1H3,(H,23,24). The lowest BCUT2D eigenvalue weighted by atomic mass is 10.0. The van der Waals surface area contributed by atoms with E-state index in [1.165, 1.54) is 22.8 Å². The molecule has 0 aliphatic carbocycles. The predicted molar refractivity (Wildman–Crippen MR) is 92.1 cm³/mol. The molecule has 0 saturated carbocycles. The molecule has 0 unspecified atom stereocenters. The molecular formula is C18H14ClNO4. The van der Waals surface area contributed by atoms with Gasteiger partial charge in [0.15, 0.2) is 0 Å². The van der Waals surface area contributed by atoms with Crippen molar-refractivity contribution in [1.82, 2.24) is 4.57 Å². The van der Waals surface area contributed by atoms with Crippen LogP contribution in [0.2, 0.25) is 5.02 Å². The van der Waals surface area contributed by atoms with Gasteiger partial charge in [-0.15, -0.1) is 0 Å². The minimum absolute atomic E-state index is 0.0499. The minimum Gasteiger partial charge on any atom is -0.507 e. The molecule has 2 aromatic carbocycles. The van der Waals surface area contributed by atoms with E-state index in [1.54, 1.807) is 31.3 Å². The first-order valence-electron chi connectivity index (χ1n) is 7.21. The van der Waals surface area contributed by atoms with Crippen LogP contribution in [-0.2, 0) is 13.5 Å². The smallest absolute Gasteiger partial charge is 0.335 e. The number of hydrogen-bond donors (Lipinski definition) is 2. The summed E-state index contributed by atoms with van der Waals surface area (Å²) in [7, 11) is 1.59. The first-order chi connectivity index (χ1) is 11.4. The van der Waals surface area contributed by atoms with Crippen LogP contribution in [0.3, 0.4) is 0 Å². The maximum absolute atomic E-state index is 12.6. The number of benzene rings is 2. The normalized spacial score (nSPS) is 10.9. The molecule has 5 nitrogen and oxygen atoms in total. The van der Waals surface area contributed by atoms with Crippen molar-refractivity contribution in [1.29, 1.82) is 0 Å². The molecule has 3 aromatic rings. The summed E-state index contributed by atoms with van der Waals surface area (Å²) in [5, 5.41) is 20.6. The highest BCUT2D eigenvalue weighted by molar-refractivity contribution is 6.30. The van der Waals surface area contributed by atoms with Crippen LogP contribution < -0.4 is 5.56 Å². The topological polar surface area (TPSA) is 79.5 Å². The van der Waals surface area contributed by atoms with E-state index in [4.69, 9.17) is 16.7 Å². The maximum atomic E-state index is 12.6. The van der Waals surface area contributed by atoms with E-state index >= 15 is 0 Å². The summed E-state index contributed by atoms with van der Waals surface area (Å²) in [4.78, 5) is 23.7. The van der Waals surface area contributed by atoms with Crippen molar-refractivity contribution in [3.05, 3.63) is 74.5 Å². The fourth-order valence-corrected chi connectivity index (χ4v) is 2.82. The molecule has 0 aliphatic rings. The summed E-state index contributed by atoms with van der Waals surface area (Å²) in [5.41, 5.74) is 1.24. The third-order valence-corrected chi connectivity index (χ3v) is 4.25. The molecule has 0 radical (unpaired) electrons. The van der Waals surface area contributed by atoms with Crippen molar-refractivity contribution >= 4 is 28.5 Å². The Labute approximate surface area is 142 Å². The van der Waals surface area contributed by atoms with Gasteiger partial charge in [0.1, 0.15) is 5.75 Å². The van der Waals surface area contributed by atoms with Crippen LogP contribution in [0.4, 0.5) is 0 Å². The second kappa shape index (κ2) is 6.02. The molecule has 0 bridgehead atoms. The van der Waals surface area contributed by atoms with Crippen LogP contribution in [0.15, 0.2) is 47.3 Å². The van der Waals surface area contributed by atoms with Crippen molar-refractivity contribution in [3.63, 3.8) is 0 Å². The number of carboxylic acid groups (broad SMARTS) is 1. The molecule has 0 atom stereocenters. The molecule has 1 aromatic heterocycles. The second-order valence-corrected chi connectivity index (χ2v) is 5.97. The van der Waals surface area contributed by atoms with E-state index in [0.29, 0.717) is 15.9 Å². The van der Waals surface area contributed by atoms with E-state index in [1.807, 2.05) is 0 Å². The number of rotatable bonds is 3. The third-order valence-electron chi connectivity index (χ3n) is 4.00. The number of halogens is 1. The number of nitrogens with zero attached hydrogens (tertiary/aromatic N) is 1. The molecule has 3 rings (SSSR count). The number of aromatic carboxylic acids is 1. The van der Waals surface area contributed by atoms with Crippen LogP contribution >= 0.6 is 11.6 Å². The Kier molecular flexibility index (Phi) is 4.03. The average Bonchev–Trinajstić information content (AvgIpc) is 2.58. The molecular weight excluding hydrogens is 330 g/mol. The highest BCUT2D eigenvalue weighted by atomic mass is 35.5. The van der Waals surface area contributed by atoms with Crippen LogP contribution in [0, 0.1) is 0 Å². The zero-order valence-electron chi connectivity index (χ0n) is 12.8. The quantitative estimate of drug-likeness (QED) is 0.765. The highest BCUT2D eigenvalue weighted by Gasteiger charge is 2.16. The lowest BCUT2D eigenvalue weighted by Gasteiger charge is -2.12. The average molecular weight is 344 g/mol. The molecule has 1 heterocycles. The van der Waals surface area contributed by atoms with E-state index in [0.717, 1.165) is 5.56 Å². The van der Waals surface area contributed by atoms with E-state index in [9.17, 15) is 14.7 Å². The van der Waals surface area contributed by atoms with Crippen molar-refractivity contribution in [3.8, 4) is 5.75 Å². The Morgan fingerprint density at radius 2 is 1.83 bits per heavy atom. The number of aromatic nitrogens is 1. The van der Waals surface area contributed by atoms with Gasteiger partial charge in [0.05, 0.1) is 16.6 Å². The molecule has 0 fully saturated rings. The Hall–Kier alpha value is -2.79. The molecule has 2 N–H and O–H groups in total. The molecule has 0 spiro atoms. The number of carboxylic acids is 1. The molecule has 24 heavy (non-hydrogen) atoms. The summed E-state index contributed by atoms with van der Waals surface area (Å²) < 4.78 is 1.41. The van der Waals surface area contributed by atoms with E-state index in [-0.39, 0.29) is 28.9 Å². The Bertz CT molecular complexity index is 1010. The van der Waals surface area contributed by atoms with Crippen molar-refractivity contribution in [2.45, 2.75) is 6.42 Å². The van der Waals surface area contributed by atoms with E-state index < -0.39 is 5.97 Å². The fourth-order valence-electron chi connectivity index (χ4n) is 2.69. The summed E-state index contributed by atoms with van der Waals surface area (Å²) in [6, 6.07) is 11.3. The predicted octanol–water partition coefficient (Wildman–Crippen LogP) is 3.19. The maximum Gasteiger partial charge on any atom is 0.335 e. The summed E-state index contributed by atoms with van der Waals surface area (Å²) in [6.45, 7) is 0. The minimum atomic E-state index is -1.09. The van der Waals surface area contributed by atoms with Gasteiger partial charge in [-0.05, 0) is 35.9 Å². The van der Waals surface area contributed by atoms with Crippen molar-refractivity contribution in [2.24, 2.45) is 7.05 Å². The van der Waals surface area contributed by atoms with Gasteiger partial charge < -0.3 is 14.8 Å². The Morgan fingerprint density at radius 1 is 1.17 bits per heavy atom. The van der Waals surface area contributed by atoms with Gasteiger partial charge in [-0.1, -0.05) is 23.7 Å². The number of hydrogen-bond acceptors (Lipinski definition) is 3. The highest BCUT2D eigenvalue weighted by Crippen LogP contribution is 2.28. The van der Waals surface area contributed by atoms with Gasteiger partial charge >= 0.3 is 5.97 Å². The third kappa shape index (κ3) is 2.74. The molecule has 0 aliphatic heterocycles. The Balaban J connectivity index is 2.21. The zero-order valence-corrected chi connectivity index (χ0v) is 13.5. The first kappa shape index (κ1) is 16.1. The van der Waals surface area contributed by atoms with Gasteiger partial charge in [0, 0.05) is 23.9 Å². The Morgan fingerprint density at radius 3 is 2.46 bits per heavy atom. The molecule has 0 amide bonds. The van der Waals surface area contributed by atoms with Crippen molar-refractivity contribution < 1.29 is 15.0 Å². The van der Waals surface area contributed by atoms with Gasteiger partial charge in [-0.3, -0.25) is 4.79 Å². The van der Waals surface area contributed by atoms with Gasteiger partial charge in [0.25, 0.3) is 5.56 Å². The van der Waals surface area contributed by atoms with Gasteiger partial charge in [-0.25, -0.2) is 4.79 Å². The second-order valence-electron chi connectivity index (χ2n) is 5.53. The summed E-state index contributed by atoms with van der Waals surface area (Å²) >= 11 is 5.86.